The lowest BCUT2D eigenvalue weighted by Gasteiger charge is -2.07. The molecule has 1 saturated carbocycles. The Morgan fingerprint density at radius 2 is 1.95 bits per heavy atom. The van der Waals surface area contributed by atoms with E-state index < -0.39 is 0 Å². The van der Waals surface area contributed by atoms with E-state index in [-0.39, 0.29) is 11.9 Å². The molecule has 2 aromatic rings. The van der Waals surface area contributed by atoms with Gasteiger partial charge in [-0.2, -0.15) is 0 Å². The lowest BCUT2D eigenvalue weighted by atomic mass is 10.0. The van der Waals surface area contributed by atoms with Crippen LogP contribution in [0.5, 0.6) is 0 Å². The number of nitrogens with zero attached hydrogens (tertiary/aromatic N) is 2. The Bertz CT molecular complexity index is 643. The third-order valence-corrected chi connectivity index (χ3v) is 4.15. The number of carbonyl (C=O) groups is 1. The van der Waals surface area contributed by atoms with Gasteiger partial charge in [0.15, 0.2) is 0 Å². The zero-order valence-corrected chi connectivity index (χ0v) is 12.8. The average molecular weight is 299 g/mol. The summed E-state index contributed by atoms with van der Waals surface area (Å²) in [5.41, 5.74) is 1.63. The van der Waals surface area contributed by atoms with Gasteiger partial charge in [0.2, 0.25) is 5.89 Å². The van der Waals surface area contributed by atoms with E-state index in [2.05, 4.69) is 15.5 Å². The number of carbonyl (C=O) groups excluding carboxylic acids is 1. The lowest BCUT2D eigenvalue weighted by molar-refractivity contribution is 0.102. The summed E-state index contributed by atoms with van der Waals surface area (Å²) in [4.78, 5) is 12.2. The van der Waals surface area contributed by atoms with Gasteiger partial charge in [-0.1, -0.05) is 48.5 Å². The molecule has 5 nitrogen and oxygen atoms in total. The number of benzene rings is 1. The first-order valence-corrected chi connectivity index (χ1v) is 7.94. The van der Waals surface area contributed by atoms with Crippen molar-refractivity contribution in [3.63, 3.8) is 0 Å². The van der Waals surface area contributed by atoms with Crippen molar-refractivity contribution in [2.24, 2.45) is 0 Å². The average Bonchev–Trinajstić information content (AvgIpc) is 2.81. The van der Waals surface area contributed by atoms with Crippen LogP contribution in [0.25, 0.3) is 0 Å². The number of hydrogen-bond donors (Lipinski definition) is 1. The topological polar surface area (TPSA) is 68.0 Å². The van der Waals surface area contributed by atoms with Gasteiger partial charge in [-0.25, -0.2) is 0 Å². The largest absolute Gasteiger partial charge is 0.408 e. The summed E-state index contributed by atoms with van der Waals surface area (Å²) in [6.07, 6.45) is 7.15. The van der Waals surface area contributed by atoms with Crippen LogP contribution in [-0.4, -0.2) is 16.1 Å². The monoisotopic (exact) mass is 299 g/mol. The summed E-state index contributed by atoms with van der Waals surface area (Å²) >= 11 is 0. The molecule has 1 aliphatic rings. The van der Waals surface area contributed by atoms with Crippen LogP contribution in [0.1, 0.15) is 66.3 Å². The molecule has 0 saturated heterocycles. The van der Waals surface area contributed by atoms with Crippen molar-refractivity contribution in [2.75, 3.05) is 5.32 Å². The van der Waals surface area contributed by atoms with Gasteiger partial charge in [0.25, 0.3) is 5.91 Å². The zero-order chi connectivity index (χ0) is 15.4. The molecule has 0 spiro atoms. The zero-order valence-electron chi connectivity index (χ0n) is 12.8. The molecule has 22 heavy (non-hydrogen) atoms. The molecule has 5 heteroatoms. The standard InChI is InChI=1S/C17H21N3O2/c1-12-7-6-10-14(11-12)15(21)18-17-20-19-16(22-17)13-8-4-2-3-5-9-13/h6-7,10-11,13H,2-5,8-9H2,1H3,(H,18,20,21). The first-order chi connectivity index (χ1) is 10.7. The summed E-state index contributed by atoms with van der Waals surface area (Å²) < 4.78 is 5.65. The molecule has 1 aliphatic carbocycles. The number of rotatable bonds is 3. The molecule has 0 bridgehead atoms. The first-order valence-electron chi connectivity index (χ1n) is 7.94. The van der Waals surface area contributed by atoms with Crippen LogP contribution in [0, 0.1) is 6.92 Å². The molecular formula is C17H21N3O2. The molecule has 1 heterocycles. The molecule has 3 rings (SSSR count). The Kier molecular flexibility index (Phi) is 4.51. The van der Waals surface area contributed by atoms with Gasteiger partial charge >= 0.3 is 6.01 Å². The fourth-order valence-electron chi connectivity index (χ4n) is 2.93. The third-order valence-electron chi connectivity index (χ3n) is 4.15. The van der Waals surface area contributed by atoms with Gasteiger partial charge in [-0.05, 0) is 31.9 Å². The molecule has 1 amide bonds. The summed E-state index contributed by atoms with van der Waals surface area (Å²) in [5.74, 6) is 0.765. The highest BCUT2D eigenvalue weighted by Gasteiger charge is 2.21. The van der Waals surface area contributed by atoms with Gasteiger partial charge in [-0.15, -0.1) is 5.10 Å². The SMILES string of the molecule is Cc1cccc(C(=O)Nc2nnc(C3CCCCCC3)o2)c1. The fraction of sp³-hybridized carbons (Fsp3) is 0.471. The maximum absolute atomic E-state index is 12.2. The summed E-state index contributed by atoms with van der Waals surface area (Å²) in [6.45, 7) is 1.95. The van der Waals surface area contributed by atoms with E-state index >= 15 is 0 Å². The van der Waals surface area contributed by atoms with Crippen molar-refractivity contribution >= 4 is 11.9 Å². The van der Waals surface area contributed by atoms with Crippen molar-refractivity contribution in [2.45, 2.75) is 51.4 Å². The van der Waals surface area contributed by atoms with E-state index in [4.69, 9.17) is 4.42 Å². The molecule has 0 unspecified atom stereocenters. The van der Waals surface area contributed by atoms with Crippen LogP contribution >= 0.6 is 0 Å². The van der Waals surface area contributed by atoms with Gasteiger partial charge in [-0.3, -0.25) is 10.1 Å². The minimum absolute atomic E-state index is 0.186. The summed E-state index contributed by atoms with van der Waals surface area (Å²) in [7, 11) is 0. The van der Waals surface area contributed by atoms with E-state index in [0.717, 1.165) is 18.4 Å². The normalized spacial score (nSPS) is 16.2. The molecule has 0 aliphatic heterocycles. The minimum Gasteiger partial charge on any atom is -0.408 e. The molecule has 1 aromatic carbocycles. The quantitative estimate of drug-likeness (QED) is 0.867. The van der Waals surface area contributed by atoms with Gasteiger partial charge in [0, 0.05) is 11.5 Å². The van der Waals surface area contributed by atoms with Crippen LogP contribution in [0.2, 0.25) is 0 Å². The highest BCUT2D eigenvalue weighted by Crippen LogP contribution is 2.31. The van der Waals surface area contributed by atoms with Crippen molar-refractivity contribution in [1.29, 1.82) is 0 Å². The van der Waals surface area contributed by atoms with Crippen molar-refractivity contribution < 1.29 is 9.21 Å². The maximum atomic E-state index is 12.2. The first kappa shape index (κ1) is 14.8. The second kappa shape index (κ2) is 6.73. The van der Waals surface area contributed by atoms with E-state index in [1.165, 1.54) is 25.7 Å². The third kappa shape index (κ3) is 3.53. The summed E-state index contributed by atoms with van der Waals surface area (Å²) in [5, 5.41) is 10.8. The Morgan fingerprint density at radius 1 is 1.18 bits per heavy atom. The lowest BCUT2D eigenvalue weighted by Crippen LogP contribution is -2.12. The Hall–Kier alpha value is -2.17. The van der Waals surface area contributed by atoms with E-state index in [1.54, 1.807) is 6.07 Å². The molecule has 0 radical (unpaired) electrons. The van der Waals surface area contributed by atoms with Gasteiger partial charge in [0.05, 0.1) is 0 Å². The number of hydrogen-bond acceptors (Lipinski definition) is 4. The van der Waals surface area contributed by atoms with Crippen molar-refractivity contribution in [3.8, 4) is 0 Å². The predicted molar refractivity (Wildman–Crippen MR) is 83.9 cm³/mol. The van der Waals surface area contributed by atoms with Crippen molar-refractivity contribution in [3.05, 3.63) is 41.3 Å². The second-order valence-electron chi connectivity index (χ2n) is 5.96. The van der Waals surface area contributed by atoms with E-state index in [0.29, 0.717) is 17.4 Å². The van der Waals surface area contributed by atoms with Crippen LogP contribution in [0.15, 0.2) is 28.7 Å². The molecule has 116 valence electrons. The number of nitrogens with one attached hydrogen (secondary N) is 1. The van der Waals surface area contributed by atoms with Crippen LogP contribution in [0.3, 0.4) is 0 Å². The highest BCUT2D eigenvalue weighted by molar-refractivity contribution is 6.03. The number of amides is 1. The Balaban J connectivity index is 1.67. The minimum atomic E-state index is -0.222. The smallest absolute Gasteiger partial charge is 0.322 e. The van der Waals surface area contributed by atoms with Crippen molar-refractivity contribution in [1.82, 2.24) is 10.2 Å². The number of anilines is 1. The fourth-order valence-corrected chi connectivity index (χ4v) is 2.93. The maximum Gasteiger partial charge on any atom is 0.322 e. The van der Waals surface area contributed by atoms with E-state index in [9.17, 15) is 4.79 Å². The Morgan fingerprint density at radius 3 is 2.68 bits per heavy atom. The molecule has 1 N–H and O–H groups in total. The number of aryl methyl sites for hydroxylation is 1. The molecule has 0 atom stereocenters. The van der Waals surface area contributed by atoms with E-state index in [1.807, 2.05) is 25.1 Å². The van der Waals surface area contributed by atoms with Crippen LogP contribution in [0.4, 0.5) is 6.01 Å². The van der Waals surface area contributed by atoms with Crippen LogP contribution in [-0.2, 0) is 0 Å². The predicted octanol–water partition coefficient (Wildman–Crippen LogP) is 4.07. The number of aromatic nitrogens is 2. The van der Waals surface area contributed by atoms with Gasteiger partial charge in [0.1, 0.15) is 0 Å². The van der Waals surface area contributed by atoms with Crippen LogP contribution < -0.4 is 5.32 Å². The molecule has 1 fully saturated rings. The van der Waals surface area contributed by atoms with Gasteiger partial charge < -0.3 is 4.42 Å². The summed E-state index contributed by atoms with van der Waals surface area (Å²) in [6, 6.07) is 7.59. The highest BCUT2D eigenvalue weighted by atomic mass is 16.4. The Labute approximate surface area is 130 Å². The second-order valence-corrected chi connectivity index (χ2v) is 5.96. The molecule has 1 aromatic heterocycles. The molecular weight excluding hydrogens is 278 g/mol.